The van der Waals surface area contributed by atoms with Gasteiger partial charge in [0.2, 0.25) is 0 Å². The van der Waals surface area contributed by atoms with Crippen LogP contribution in [0.3, 0.4) is 0 Å². The van der Waals surface area contributed by atoms with Crippen molar-refractivity contribution in [2.75, 3.05) is 5.32 Å². The Morgan fingerprint density at radius 2 is 1.76 bits per heavy atom. The minimum absolute atomic E-state index is 0.0997. The Balaban J connectivity index is 1.91. The monoisotopic (exact) mass is 375 g/mol. The number of aromatic nitrogens is 2. The van der Waals surface area contributed by atoms with Crippen molar-refractivity contribution < 1.29 is 13.9 Å². The molecule has 8 heteroatoms. The van der Waals surface area contributed by atoms with Crippen LogP contribution < -0.4 is 5.32 Å². The molecule has 0 saturated carbocycles. The number of rotatable bonds is 5. The molecule has 0 saturated heterocycles. The number of hydrogen-bond donors (Lipinski definition) is 3. The highest BCUT2D eigenvalue weighted by atomic mass is 32.2. The van der Waals surface area contributed by atoms with Gasteiger partial charge >= 0.3 is 0 Å². The zero-order valence-corrected chi connectivity index (χ0v) is 15.3. The molecule has 3 N–H and O–H groups in total. The van der Waals surface area contributed by atoms with Gasteiger partial charge < -0.3 is 15.0 Å². The smallest absolute Gasteiger partial charge is 0.188 e. The summed E-state index contributed by atoms with van der Waals surface area (Å²) in [6.45, 7) is 3.75. The second-order valence-corrected chi connectivity index (χ2v) is 7.54. The molecular formula is C17H17N3O3S2. The van der Waals surface area contributed by atoms with Crippen molar-refractivity contribution in [3.8, 4) is 11.3 Å². The molecule has 0 spiro atoms. The van der Waals surface area contributed by atoms with Gasteiger partial charge in [-0.05, 0) is 50.2 Å². The highest BCUT2D eigenvalue weighted by molar-refractivity contribution is 7.79. The average molecular weight is 375 g/mol. The maximum Gasteiger partial charge on any atom is 0.188 e. The first kappa shape index (κ1) is 17.7. The summed E-state index contributed by atoms with van der Waals surface area (Å²) in [7, 11) is 0. The summed E-state index contributed by atoms with van der Waals surface area (Å²) in [5, 5.41) is 13.5. The molecule has 130 valence electrons. The number of nitrogens with one attached hydrogen (secondary N) is 1. The van der Waals surface area contributed by atoms with Gasteiger partial charge in [-0.25, -0.2) is 9.19 Å². The summed E-state index contributed by atoms with van der Waals surface area (Å²) in [6.07, 6.45) is 0. The Kier molecular flexibility index (Phi) is 5.24. The molecule has 1 unspecified atom stereocenters. The topological polar surface area (TPSA) is 95.3 Å². The summed E-state index contributed by atoms with van der Waals surface area (Å²) < 4.78 is 20.1. The maximum atomic E-state index is 11.0. The number of aryl methyl sites for hydroxylation is 2. The van der Waals surface area contributed by atoms with Gasteiger partial charge in [-0.2, -0.15) is 0 Å². The van der Waals surface area contributed by atoms with E-state index < -0.39 is 11.1 Å². The molecular weight excluding hydrogens is 358 g/mol. The fraction of sp³-hybridized carbons (Fsp3) is 0.176. The number of nitrogens with zero attached hydrogens (tertiary/aromatic N) is 2. The van der Waals surface area contributed by atoms with E-state index in [1.807, 2.05) is 26.0 Å². The first-order valence-electron chi connectivity index (χ1n) is 7.50. The van der Waals surface area contributed by atoms with Crippen molar-refractivity contribution in [2.45, 2.75) is 25.3 Å². The van der Waals surface area contributed by atoms with E-state index in [0.717, 1.165) is 33.2 Å². The van der Waals surface area contributed by atoms with E-state index in [1.165, 1.54) is 11.3 Å². The van der Waals surface area contributed by atoms with Crippen molar-refractivity contribution in [1.29, 1.82) is 0 Å². The van der Waals surface area contributed by atoms with Gasteiger partial charge in [0.15, 0.2) is 16.2 Å². The predicted molar refractivity (Wildman–Crippen MR) is 99.5 cm³/mol. The molecule has 0 aliphatic rings. The van der Waals surface area contributed by atoms with Crippen LogP contribution in [-0.2, 0) is 17.7 Å². The van der Waals surface area contributed by atoms with E-state index >= 15 is 0 Å². The number of benzene rings is 1. The van der Waals surface area contributed by atoms with Gasteiger partial charge in [0, 0.05) is 22.6 Å². The minimum atomic E-state index is -1.99. The predicted octanol–water partition coefficient (Wildman–Crippen LogP) is 3.64. The molecule has 6 nitrogen and oxygen atoms in total. The van der Waals surface area contributed by atoms with Crippen LogP contribution in [0.1, 0.15) is 16.3 Å². The first-order chi connectivity index (χ1) is 12.0. The lowest BCUT2D eigenvalue weighted by atomic mass is 10.1. The summed E-state index contributed by atoms with van der Waals surface area (Å²) in [6, 6.07) is 10.5. The van der Waals surface area contributed by atoms with E-state index in [-0.39, 0.29) is 6.61 Å². The van der Waals surface area contributed by atoms with E-state index in [2.05, 4.69) is 15.3 Å². The second-order valence-electron chi connectivity index (χ2n) is 5.49. The number of aliphatic hydroxyl groups excluding tert-OH is 1. The second kappa shape index (κ2) is 7.40. The van der Waals surface area contributed by atoms with Crippen molar-refractivity contribution in [3.63, 3.8) is 0 Å². The van der Waals surface area contributed by atoms with Crippen LogP contribution in [0.15, 0.2) is 41.3 Å². The van der Waals surface area contributed by atoms with Crippen molar-refractivity contribution >= 4 is 33.2 Å². The van der Waals surface area contributed by atoms with Gasteiger partial charge in [-0.15, -0.1) is 0 Å². The lowest BCUT2D eigenvalue weighted by Crippen LogP contribution is -1.93. The van der Waals surface area contributed by atoms with Crippen LogP contribution in [0.5, 0.6) is 0 Å². The zero-order chi connectivity index (χ0) is 18.0. The third-order valence-electron chi connectivity index (χ3n) is 3.50. The van der Waals surface area contributed by atoms with Crippen LogP contribution in [0.4, 0.5) is 10.8 Å². The third-order valence-corrected chi connectivity index (χ3v) is 5.13. The quantitative estimate of drug-likeness (QED) is 0.589. The number of aliphatic hydroxyl groups is 1. The average Bonchev–Trinajstić information content (AvgIpc) is 2.97. The number of hydrogen-bond acceptors (Lipinski definition) is 6. The van der Waals surface area contributed by atoms with Crippen molar-refractivity contribution in [1.82, 2.24) is 9.97 Å². The van der Waals surface area contributed by atoms with Crippen LogP contribution in [0, 0.1) is 13.8 Å². The number of anilines is 2. The van der Waals surface area contributed by atoms with Gasteiger partial charge in [-0.3, -0.25) is 4.98 Å². The Morgan fingerprint density at radius 1 is 1.12 bits per heavy atom. The van der Waals surface area contributed by atoms with Crippen molar-refractivity contribution in [3.05, 3.63) is 52.7 Å². The lowest BCUT2D eigenvalue weighted by molar-refractivity contribution is 0.286. The molecule has 0 aliphatic heterocycles. The number of pyridine rings is 1. The van der Waals surface area contributed by atoms with Gasteiger partial charge in [0.1, 0.15) is 0 Å². The molecule has 2 heterocycles. The summed E-state index contributed by atoms with van der Waals surface area (Å²) >= 11 is -0.625. The Bertz CT molecular complexity index is 903. The lowest BCUT2D eigenvalue weighted by Gasteiger charge is -2.04. The van der Waals surface area contributed by atoms with Crippen LogP contribution in [0.25, 0.3) is 11.3 Å². The summed E-state index contributed by atoms with van der Waals surface area (Å²) in [4.78, 5) is 10.1. The SMILES string of the molecule is Cc1cc(-c2nc(Nc3ccc(S(=O)O)cc3)sc2CO)cc(C)n1. The largest absolute Gasteiger partial charge is 0.391 e. The molecule has 1 aromatic carbocycles. The van der Waals surface area contributed by atoms with E-state index in [9.17, 15) is 9.32 Å². The molecule has 1 atom stereocenters. The molecule has 0 bridgehead atoms. The fourth-order valence-corrected chi connectivity index (χ4v) is 3.72. The van der Waals surface area contributed by atoms with Gasteiger partial charge in [-0.1, -0.05) is 11.3 Å². The molecule has 3 aromatic rings. The van der Waals surface area contributed by atoms with Crippen LogP contribution >= 0.6 is 11.3 Å². The van der Waals surface area contributed by atoms with E-state index in [0.29, 0.717) is 10.0 Å². The van der Waals surface area contributed by atoms with E-state index in [1.54, 1.807) is 24.3 Å². The third kappa shape index (κ3) is 4.10. The zero-order valence-electron chi connectivity index (χ0n) is 13.7. The Labute approximate surface area is 151 Å². The van der Waals surface area contributed by atoms with Gasteiger partial charge in [0.25, 0.3) is 0 Å². The summed E-state index contributed by atoms with van der Waals surface area (Å²) in [5.74, 6) is 0. The molecule has 0 aliphatic carbocycles. The molecule has 3 rings (SSSR count). The van der Waals surface area contributed by atoms with Crippen molar-refractivity contribution in [2.24, 2.45) is 0 Å². The van der Waals surface area contributed by atoms with Gasteiger partial charge in [0.05, 0.1) is 22.1 Å². The number of thiazole rings is 1. The molecule has 0 radical (unpaired) electrons. The van der Waals surface area contributed by atoms with Crippen LogP contribution in [0.2, 0.25) is 0 Å². The normalized spacial score (nSPS) is 12.2. The molecule has 0 amide bonds. The minimum Gasteiger partial charge on any atom is -0.391 e. The molecule has 0 fully saturated rings. The highest BCUT2D eigenvalue weighted by Crippen LogP contribution is 2.33. The first-order valence-corrected chi connectivity index (χ1v) is 9.43. The van der Waals surface area contributed by atoms with E-state index in [4.69, 9.17) is 4.55 Å². The molecule has 2 aromatic heterocycles. The maximum absolute atomic E-state index is 11.0. The van der Waals surface area contributed by atoms with Crippen LogP contribution in [-0.4, -0.2) is 23.8 Å². The highest BCUT2D eigenvalue weighted by Gasteiger charge is 2.14. The standard InChI is InChI=1S/C17H17N3O3S2/c1-10-7-12(8-11(2)18-10)16-15(9-21)24-17(20-16)19-13-3-5-14(6-4-13)25(22)23/h3-8,21H,9H2,1-2H3,(H,19,20)(H,22,23). The molecule has 25 heavy (non-hydrogen) atoms. The fourth-order valence-electron chi connectivity index (χ4n) is 2.49. The Morgan fingerprint density at radius 3 is 2.32 bits per heavy atom. The Hall–Kier alpha value is -2.13. The summed E-state index contributed by atoms with van der Waals surface area (Å²) in [5.41, 5.74) is 4.20.